The van der Waals surface area contributed by atoms with Gasteiger partial charge in [0.2, 0.25) is 5.91 Å². The number of benzene rings is 2. The fourth-order valence-corrected chi connectivity index (χ4v) is 3.06. The summed E-state index contributed by atoms with van der Waals surface area (Å²) in [6.45, 7) is 7.35. The molecule has 5 heteroatoms. The molecule has 0 radical (unpaired) electrons. The van der Waals surface area contributed by atoms with Gasteiger partial charge in [-0.25, -0.2) is 0 Å². The molecule has 2 aromatic rings. The first kappa shape index (κ1) is 20.5. The Morgan fingerprint density at radius 2 is 1.93 bits per heavy atom. The number of phenols is 1. The number of hydrogen-bond donors (Lipinski definition) is 1. The Labute approximate surface area is 161 Å². The minimum absolute atomic E-state index is 0.0121. The molecular weight excluding hydrogens is 338 g/mol. The van der Waals surface area contributed by atoms with Crippen molar-refractivity contribution in [2.24, 2.45) is 0 Å². The maximum atomic E-state index is 13.0. The normalized spacial score (nSPS) is 11.8. The van der Waals surface area contributed by atoms with E-state index in [-0.39, 0.29) is 30.7 Å². The number of amides is 1. The Hall–Kier alpha value is -2.84. The highest BCUT2D eigenvalue weighted by molar-refractivity contribution is 5.94. The number of hydrogen-bond acceptors (Lipinski definition) is 4. The maximum Gasteiger partial charge on any atom is 0.241 e. The molecule has 0 fully saturated rings. The van der Waals surface area contributed by atoms with E-state index in [0.717, 1.165) is 16.8 Å². The fraction of sp³-hybridized carbons (Fsp3) is 0.364. The van der Waals surface area contributed by atoms with Gasteiger partial charge >= 0.3 is 0 Å². The zero-order valence-electron chi connectivity index (χ0n) is 16.2. The Morgan fingerprint density at radius 3 is 2.52 bits per heavy atom. The molecule has 5 nitrogen and oxygen atoms in total. The first-order valence-electron chi connectivity index (χ1n) is 9.23. The zero-order valence-corrected chi connectivity index (χ0v) is 16.2. The number of carbonyl (C=O) groups excluding carboxylic acids is 1. The Morgan fingerprint density at radius 1 is 1.22 bits per heavy atom. The summed E-state index contributed by atoms with van der Waals surface area (Å²) >= 11 is 0. The summed E-state index contributed by atoms with van der Waals surface area (Å²) in [7, 11) is 0. The van der Waals surface area contributed by atoms with Gasteiger partial charge in [-0.2, -0.15) is 5.26 Å². The molecule has 1 N–H and O–H groups in total. The second-order valence-electron chi connectivity index (χ2n) is 6.62. The van der Waals surface area contributed by atoms with Crippen molar-refractivity contribution in [2.45, 2.75) is 33.2 Å². The number of nitriles is 1. The molecule has 0 spiro atoms. The van der Waals surface area contributed by atoms with Crippen LogP contribution in [-0.4, -0.2) is 35.5 Å². The number of aromatic hydroxyl groups is 1. The van der Waals surface area contributed by atoms with Gasteiger partial charge < -0.3 is 10.0 Å². The van der Waals surface area contributed by atoms with Gasteiger partial charge in [0.15, 0.2) is 0 Å². The van der Waals surface area contributed by atoms with Crippen molar-refractivity contribution in [3.63, 3.8) is 0 Å². The van der Waals surface area contributed by atoms with E-state index in [1.165, 1.54) is 0 Å². The summed E-state index contributed by atoms with van der Waals surface area (Å²) in [6.07, 6.45) is 0.286. The SMILES string of the molecule is CCN(CC(=O)N(CCC#N)c1ccc(C)cc1)C(C)c1cccc(O)c1. The van der Waals surface area contributed by atoms with Crippen molar-refractivity contribution in [3.8, 4) is 11.8 Å². The van der Waals surface area contributed by atoms with Gasteiger partial charge in [-0.05, 0) is 50.2 Å². The van der Waals surface area contributed by atoms with Crippen LogP contribution in [0.2, 0.25) is 0 Å². The van der Waals surface area contributed by atoms with E-state index in [1.807, 2.05) is 57.2 Å². The molecular formula is C22H27N3O2. The van der Waals surface area contributed by atoms with Crippen LogP contribution >= 0.6 is 0 Å². The van der Waals surface area contributed by atoms with Crippen molar-refractivity contribution < 1.29 is 9.90 Å². The highest BCUT2D eigenvalue weighted by atomic mass is 16.3. The second-order valence-corrected chi connectivity index (χ2v) is 6.62. The molecule has 2 aromatic carbocycles. The van der Waals surface area contributed by atoms with E-state index < -0.39 is 0 Å². The van der Waals surface area contributed by atoms with Crippen LogP contribution in [0.25, 0.3) is 0 Å². The van der Waals surface area contributed by atoms with Crippen molar-refractivity contribution in [3.05, 3.63) is 59.7 Å². The number of phenolic OH excluding ortho intramolecular Hbond substituents is 1. The molecule has 0 aromatic heterocycles. The Balaban J connectivity index is 2.18. The molecule has 0 saturated heterocycles. The molecule has 1 amide bonds. The Kier molecular flexibility index (Phi) is 7.39. The number of carbonyl (C=O) groups is 1. The molecule has 142 valence electrons. The molecule has 0 heterocycles. The summed E-state index contributed by atoms with van der Waals surface area (Å²) in [5.74, 6) is 0.181. The lowest BCUT2D eigenvalue weighted by Gasteiger charge is -2.30. The van der Waals surface area contributed by atoms with Gasteiger partial charge in [-0.3, -0.25) is 9.69 Å². The number of aryl methyl sites for hydroxylation is 1. The van der Waals surface area contributed by atoms with Gasteiger partial charge in [-0.1, -0.05) is 36.8 Å². The van der Waals surface area contributed by atoms with Gasteiger partial charge in [0.1, 0.15) is 5.75 Å². The lowest BCUT2D eigenvalue weighted by Crippen LogP contribution is -2.41. The van der Waals surface area contributed by atoms with Crippen molar-refractivity contribution in [1.82, 2.24) is 4.90 Å². The van der Waals surface area contributed by atoms with Crippen LogP contribution in [0.5, 0.6) is 5.75 Å². The van der Waals surface area contributed by atoms with Crippen LogP contribution in [0.3, 0.4) is 0 Å². The van der Waals surface area contributed by atoms with Crippen molar-refractivity contribution in [1.29, 1.82) is 5.26 Å². The molecule has 27 heavy (non-hydrogen) atoms. The summed E-state index contributed by atoms with van der Waals surface area (Å²) in [4.78, 5) is 16.8. The molecule has 0 bridgehead atoms. The van der Waals surface area contributed by atoms with Crippen LogP contribution in [0, 0.1) is 18.3 Å². The van der Waals surface area contributed by atoms with Gasteiger partial charge in [0.25, 0.3) is 0 Å². The average Bonchev–Trinajstić information content (AvgIpc) is 2.67. The average molecular weight is 365 g/mol. The zero-order chi connectivity index (χ0) is 19.8. The number of anilines is 1. The van der Waals surface area contributed by atoms with E-state index >= 15 is 0 Å². The van der Waals surface area contributed by atoms with Gasteiger partial charge in [0.05, 0.1) is 19.0 Å². The highest BCUT2D eigenvalue weighted by Crippen LogP contribution is 2.24. The smallest absolute Gasteiger partial charge is 0.241 e. The Bertz CT molecular complexity index is 796. The second kappa shape index (κ2) is 9.75. The van der Waals surface area contributed by atoms with E-state index in [0.29, 0.717) is 13.1 Å². The molecule has 0 aliphatic rings. The molecule has 2 rings (SSSR count). The van der Waals surface area contributed by atoms with Crippen LogP contribution in [0.1, 0.15) is 37.4 Å². The summed E-state index contributed by atoms with van der Waals surface area (Å²) in [5.41, 5.74) is 2.89. The summed E-state index contributed by atoms with van der Waals surface area (Å²) < 4.78 is 0. The topological polar surface area (TPSA) is 67.6 Å². The van der Waals surface area contributed by atoms with Crippen LogP contribution in [-0.2, 0) is 4.79 Å². The third-order valence-electron chi connectivity index (χ3n) is 4.74. The van der Waals surface area contributed by atoms with E-state index in [2.05, 4.69) is 11.0 Å². The third-order valence-corrected chi connectivity index (χ3v) is 4.74. The van der Waals surface area contributed by atoms with Crippen LogP contribution < -0.4 is 4.90 Å². The number of nitrogens with zero attached hydrogens (tertiary/aromatic N) is 3. The van der Waals surface area contributed by atoms with Crippen LogP contribution in [0.15, 0.2) is 48.5 Å². The molecule has 0 aliphatic heterocycles. The number of likely N-dealkylation sites (N-methyl/N-ethyl adjacent to an activating group) is 1. The molecule has 0 aliphatic carbocycles. The molecule has 1 unspecified atom stereocenters. The minimum atomic E-state index is -0.0389. The van der Waals surface area contributed by atoms with Crippen molar-refractivity contribution in [2.75, 3.05) is 24.5 Å². The standard InChI is InChI=1S/C22H27N3O2/c1-4-24(18(3)19-7-5-8-21(26)15-19)16-22(27)25(14-6-13-23)20-11-9-17(2)10-12-20/h5,7-12,15,18,26H,4,6,14,16H2,1-3H3. The van der Waals surface area contributed by atoms with E-state index in [4.69, 9.17) is 5.26 Å². The summed E-state index contributed by atoms with van der Waals surface area (Å²) in [5, 5.41) is 18.7. The molecule has 0 saturated carbocycles. The fourth-order valence-electron chi connectivity index (χ4n) is 3.06. The monoisotopic (exact) mass is 365 g/mol. The first-order chi connectivity index (χ1) is 13.0. The minimum Gasteiger partial charge on any atom is -0.508 e. The first-order valence-corrected chi connectivity index (χ1v) is 9.23. The lowest BCUT2D eigenvalue weighted by molar-refractivity contribution is -0.120. The third kappa shape index (κ3) is 5.57. The van der Waals surface area contributed by atoms with Gasteiger partial charge in [0, 0.05) is 18.3 Å². The van der Waals surface area contributed by atoms with E-state index in [1.54, 1.807) is 17.0 Å². The molecule has 1 atom stereocenters. The largest absolute Gasteiger partial charge is 0.508 e. The van der Waals surface area contributed by atoms with Crippen LogP contribution in [0.4, 0.5) is 5.69 Å². The highest BCUT2D eigenvalue weighted by Gasteiger charge is 2.22. The predicted octanol–water partition coefficient (Wildman–Crippen LogP) is 4.03. The maximum absolute atomic E-state index is 13.0. The van der Waals surface area contributed by atoms with Gasteiger partial charge in [-0.15, -0.1) is 0 Å². The lowest BCUT2D eigenvalue weighted by atomic mass is 10.1. The van der Waals surface area contributed by atoms with E-state index in [9.17, 15) is 9.90 Å². The quantitative estimate of drug-likeness (QED) is 0.767. The predicted molar refractivity (Wildman–Crippen MR) is 108 cm³/mol. The van der Waals surface area contributed by atoms with Crippen molar-refractivity contribution >= 4 is 11.6 Å². The number of rotatable bonds is 8. The summed E-state index contributed by atoms with van der Waals surface area (Å²) in [6, 6.07) is 17.0.